The van der Waals surface area contributed by atoms with Crippen molar-refractivity contribution in [2.75, 3.05) is 18.0 Å². The molecular formula is C9H12N2OS. The average Bonchev–Trinajstić information content (AvgIpc) is 2.52. The van der Waals surface area contributed by atoms with Gasteiger partial charge in [0.05, 0.1) is 12.2 Å². The minimum atomic E-state index is 0.333. The van der Waals surface area contributed by atoms with E-state index in [9.17, 15) is 4.79 Å². The fourth-order valence-electron chi connectivity index (χ4n) is 1.49. The van der Waals surface area contributed by atoms with E-state index in [0.29, 0.717) is 12.3 Å². The summed E-state index contributed by atoms with van der Waals surface area (Å²) in [6, 6.07) is 0. The van der Waals surface area contributed by atoms with Gasteiger partial charge in [-0.05, 0) is 13.3 Å². The molecule has 1 saturated heterocycles. The van der Waals surface area contributed by atoms with Gasteiger partial charge in [-0.2, -0.15) is 0 Å². The minimum absolute atomic E-state index is 0.333. The molecule has 2 heterocycles. The van der Waals surface area contributed by atoms with Crippen molar-refractivity contribution in [1.82, 2.24) is 4.98 Å². The van der Waals surface area contributed by atoms with Crippen molar-refractivity contribution in [3.8, 4) is 0 Å². The molecule has 0 atom stereocenters. The number of rotatable bonds is 1. The lowest BCUT2D eigenvalue weighted by molar-refractivity contribution is -0.118. The van der Waals surface area contributed by atoms with E-state index in [4.69, 9.17) is 0 Å². The molecule has 3 nitrogen and oxygen atoms in total. The molecule has 0 radical (unpaired) electrons. The van der Waals surface area contributed by atoms with Gasteiger partial charge >= 0.3 is 0 Å². The zero-order chi connectivity index (χ0) is 9.26. The third-order valence-corrected chi connectivity index (χ3v) is 3.15. The Morgan fingerprint density at radius 1 is 1.62 bits per heavy atom. The van der Waals surface area contributed by atoms with E-state index >= 15 is 0 Å². The summed E-state index contributed by atoms with van der Waals surface area (Å²) >= 11 is 1.62. The molecule has 1 fully saturated rings. The molecule has 0 amide bonds. The Labute approximate surface area is 81.4 Å². The molecule has 1 aliphatic heterocycles. The molecule has 0 spiro atoms. The van der Waals surface area contributed by atoms with Crippen molar-refractivity contribution >= 4 is 22.3 Å². The Balaban J connectivity index is 2.12. The zero-order valence-corrected chi connectivity index (χ0v) is 8.43. The number of carbonyl (C=O) groups is 1. The van der Waals surface area contributed by atoms with E-state index in [1.54, 1.807) is 11.3 Å². The first-order valence-electron chi connectivity index (χ1n) is 4.44. The van der Waals surface area contributed by atoms with Gasteiger partial charge in [-0.3, -0.25) is 4.79 Å². The van der Waals surface area contributed by atoms with Crippen LogP contribution in [0.5, 0.6) is 0 Å². The lowest BCUT2D eigenvalue weighted by Crippen LogP contribution is -2.35. The Kier molecular flexibility index (Phi) is 2.31. The summed E-state index contributed by atoms with van der Waals surface area (Å²) in [6.07, 6.45) is 1.71. The molecule has 70 valence electrons. The zero-order valence-electron chi connectivity index (χ0n) is 7.62. The number of hydrogen-bond donors (Lipinski definition) is 0. The van der Waals surface area contributed by atoms with E-state index < -0.39 is 0 Å². The summed E-state index contributed by atoms with van der Waals surface area (Å²) in [5.74, 6) is 0.333. The first-order chi connectivity index (χ1) is 6.25. The molecule has 4 heteroatoms. The van der Waals surface area contributed by atoms with Gasteiger partial charge in [-0.15, -0.1) is 11.3 Å². The van der Waals surface area contributed by atoms with Crippen LogP contribution >= 0.6 is 11.3 Å². The molecule has 0 unspecified atom stereocenters. The summed E-state index contributed by atoms with van der Waals surface area (Å²) in [5, 5.41) is 3.01. The van der Waals surface area contributed by atoms with Gasteiger partial charge in [-0.1, -0.05) is 0 Å². The largest absolute Gasteiger partial charge is 0.341 e. The summed E-state index contributed by atoms with van der Waals surface area (Å²) in [6.45, 7) is 3.50. The Hall–Kier alpha value is -0.900. The SMILES string of the molecule is Cc1csc(N2CCCC(=O)C2)n1. The van der Waals surface area contributed by atoms with E-state index in [2.05, 4.69) is 9.88 Å². The normalized spacial score (nSPS) is 17.9. The maximum atomic E-state index is 11.2. The average molecular weight is 196 g/mol. The monoisotopic (exact) mass is 196 g/mol. The second-order valence-corrected chi connectivity index (χ2v) is 4.17. The molecule has 1 aromatic heterocycles. The van der Waals surface area contributed by atoms with Crippen molar-refractivity contribution in [2.24, 2.45) is 0 Å². The lowest BCUT2D eigenvalue weighted by Gasteiger charge is -2.24. The van der Waals surface area contributed by atoms with E-state index in [0.717, 1.165) is 30.2 Å². The molecule has 1 aliphatic rings. The summed E-state index contributed by atoms with van der Waals surface area (Å²) in [7, 11) is 0. The van der Waals surface area contributed by atoms with E-state index in [-0.39, 0.29) is 0 Å². The molecule has 0 saturated carbocycles. The maximum absolute atomic E-state index is 11.2. The number of anilines is 1. The third-order valence-electron chi connectivity index (χ3n) is 2.13. The highest BCUT2D eigenvalue weighted by Crippen LogP contribution is 2.22. The number of carbonyl (C=O) groups excluding carboxylic acids is 1. The predicted octanol–water partition coefficient (Wildman–Crippen LogP) is 1.62. The smallest absolute Gasteiger partial charge is 0.185 e. The number of thiazole rings is 1. The highest BCUT2D eigenvalue weighted by Gasteiger charge is 2.18. The van der Waals surface area contributed by atoms with Crippen LogP contribution in [0.2, 0.25) is 0 Å². The summed E-state index contributed by atoms with van der Waals surface area (Å²) < 4.78 is 0. The van der Waals surface area contributed by atoms with Crippen molar-refractivity contribution in [3.63, 3.8) is 0 Å². The minimum Gasteiger partial charge on any atom is -0.341 e. The lowest BCUT2D eigenvalue weighted by atomic mass is 10.1. The van der Waals surface area contributed by atoms with Gasteiger partial charge in [-0.25, -0.2) is 4.98 Å². The maximum Gasteiger partial charge on any atom is 0.185 e. The fourth-order valence-corrected chi connectivity index (χ4v) is 2.32. The molecule has 2 rings (SSSR count). The van der Waals surface area contributed by atoms with Gasteiger partial charge in [0, 0.05) is 18.3 Å². The fraction of sp³-hybridized carbons (Fsp3) is 0.556. The van der Waals surface area contributed by atoms with Crippen LogP contribution in [0, 0.1) is 6.92 Å². The number of aromatic nitrogens is 1. The van der Waals surface area contributed by atoms with Gasteiger partial charge in [0.25, 0.3) is 0 Å². The molecule has 13 heavy (non-hydrogen) atoms. The molecular weight excluding hydrogens is 184 g/mol. The first kappa shape index (κ1) is 8.69. The van der Waals surface area contributed by atoms with Crippen molar-refractivity contribution < 1.29 is 4.79 Å². The number of hydrogen-bond acceptors (Lipinski definition) is 4. The van der Waals surface area contributed by atoms with Crippen LogP contribution in [0.3, 0.4) is 0 Å². The predicted molar refractivity (Wildman–Crippen MR) is 53.3 cm³/mol. The Morgan fingerprint density at radius 3 is 3.08 bits per heavy atom. The van der Waals surface area contributed by atoms with Gasteiger partial charge in [0.1, 0.15) is 0 Å². The topological polar surface area (TPSA) is 33.2 Å². The Bertz CT molecular complexity index is 321. The summed E-state index contributed by atoms with van der Waals surface area (Å²) in [5.41, 5.74) is 1.04. The van der Waals surface area contributed by atoms with Crippen LogP contribution in [0.4, 0.5) is 5.13 Å². The van der Waals surface area contributed by atoms with E-state index in [1.165, 1.54) is 0 Å². The third kappa shape index (κ3) is 1.88. The second kappa shape index (κ2) is 3.46. The molecule has 0 aromatic carbocycles. The van der Waals surface area contributed by atoms with Crippen LogP contribution in [-0.4, -0.2) is 23.9 Å². The second-order valence-electron chi connectivity index (χ2n) is 3.34. The van der Waals surface area contributed by atoms with Gasteiger partial charge < -0.3 is 4.90 Å². The number of Topliss-reactive ketones (excluding diaryl/α,β-unsaturated/α-hetero) is 1. The molecule has 0 aliphatic carbocycles. The Morgan fingerprint density at radius 2 is 2.46 bits per heavy atom. The van der Waals surface area contributed by atoms with Crippen LogP contribution in [0.25, 0.3) is 0 Å². The van der Waals surface area contributed by atoms with Crippen LogP contribution in [-0.2, 0) is 4.79 Å². The van der Waals surface area contributed by atoms with Gasteiger partial charge in [0.2, 0.25) is 0 Å². The number of nitrogens with zero attached hydrogens (tertiary/aromatic N) is 2. The number of ketones is 1. The van der Waals surface area contributed by atoms with E-state index in [1.807, 2.05) is 12.3 Å². The van der Waals surface area contributed by atoms with Crippen LogP contribution < -0.4 is 4.90 Å². The molecule has 0 N–H and O–H groups in total. The highest BCUT2D eigenvalue weighted by atomic mass is 32.1. The standard InChI is InChI=1S/C9H12N2OS/c1-7-6-13-9(10-7)11-4-2-3-8(12)5-11/h6H,2-5H2,1H3. The van der Waals surface area contributed by atoms with Crippen molar-refractivity contribution in [1.29, 1.82) is 0 Å². The molecule has 1 aromatic rings. The number of piperidine rings is 1. The van der Waals surface area contributed by atoms with Crippen LogP contribution in [0.15, 0.2) is 5.38 Å². The highest BCUT2D eigenvalue weighted by molar-refractivity contribution is 7.13. The van der Waals surface area contributed by atoms with Crippen molar-refractivity contribution in [3.05, 3.63) is 11.1 Å². The van der Waals surface area contributed by atoms with Gasteiger partial charge in [0.15, 0.2) is 10.9 Å². The van der Waals surface area contributed by atoms with Crippen molar-refractivity contribution in [2.45, 2.75) is 19.8 Å². The van der Waals surface area contributed by atoms with Crippen LogP contribution in [0.1, 0.15) is 18.5 Å². The number of aryl methyl sites for hydroxylation is 1. The summed E-state index contributed by atoms with van der Waals surface area (Å²) in [4.78, 5) is 17.6. The molecule has 0 bridgehead atoms. The quantitative estimate of drug-likeness (QED) is 0.684. The first-order valence-corrected chi connectivity index (χ1v) is 5.32.